The number of hydrogen-bond donors (Lipinski definition) is 1. The standard InChI is InChI=1S/C10H16N4O3/c1-7-9(14(16)17)10(12(2)11-7)13-5-3-4-8(15)6-13/h8,15H,3-6H2,1-2H3/t8-/m1/s1. The van der Waals surface area contributed by atoms with Crippen molar-refractivity contribution in [3.05, 3.63) is 15.8 Å². The van der Waals surface area contributed by atoms with Crippen molar-refractivity contribution in [1.29, 1.82) is 0 Å². The summed E-state index contributed by atoms with van der Waals surface area (Å²) in [5, 5.41) is 24.8. The third kappa shape index (κ3) is 2.10. The Morgan fingerprint density at radius 2 is 2.29 bits per heavy atom. The van der Waals surface area contributed by atoms with E-state index in [1.165, 1.54) is 4.68 Å². The molecule has 0 saturated carbocycles. The molecule has 1 aliphatic rings. The molecule has 1 aromatic rings. The van der Waals surface area contributed by atoms with Gasteiger partial charge in [-0.1, -0.05) is 0 Å². The molecule has 0 aromatic carbocycles. The minimum absolute atomic E-state index is 0.0431. The molecule has 0 amide bonds. The predicted octanol–water partition coefficient (Wildman–Crippen LogP) is 0.598. The first-order chi connectivity index (χ1) is 8.00. The highest BCUT2D eigenvalue weighted by Gasteiger charge is 2.30. The van der Waals surface area contributed by atoms with Crippen LogP contribution in [0.15, 0.2) is 0 Å². The van der Waals surface area contributed by atoms with Gasteiger partial charge in [0.25, 0.3) is 0 Å². The van der Waals surface area contributed by atoms with Crippen LogP contribution in [0.3, 0.4) is 0 Å². The monoisotopic (exact) mass is 240 g/mol. The van der Waals surface area contributed by atoms with E-state index in [2.05, 4.69) is 5.10 Å². The molecule has 94 valence electrons. The molecule has 1 aromatic heterocycles. The second-order valence-corrected chi connectivity index (χ2v) is 4.38. The van der Waals surface area contributed by atoms with Crippen molar-refractivity contribution < 1.29 is 10.0 Å². The van der Waals surface area contributed by atoms with Crippen LogP contribution in [-0.4, -0.2) is 39.0 Å². The molecule has 7 heteroatoms. The highest BCUT2D eigenvalue weighted by atomic mass is 16.6. The Bertz CT molecular complexity index is 443. The first kappa shape index (κ1) is 11.8. The normalized spacial score (nSPS) is 20.6. The van der Waals surface area contributed by atoms with Gasteiger partial charge in [-0.2, -0.15) is 5.10 Å². The summed E-state index contributed by atoms with van der Waals surface area (Å²) in [7, 11) is 1.69. The molecule has 0 radical (unpaired) electrons. The van der Waals surface area contributed by atoms with Crippen LogP contribution in [0, 0.1) is 17.0 Å². The van der Waals surface area contributed by atoms with Crippen LogP contribution in [0.1, 0.15) is 18.5 Å². The van der Waals surface area contributed by atoms with Crippen LogP contribution in [-0.2, 0) is 7.05 Å². The maximum Gasteiger partial charge on any atom is 0.333 e. The molecule has 0 spiro atoms. The number of nitro groups is 1. The first-order valence-corrected chi connectivity index (χ1v) is 5.61. The summed E-state index contributed by atoms with van der Waals surface area (Å²) in [6, 6.07) is 0. The summed E-state index contributed by atoms with van der Waals surface area (Å²) >= 11 is 0. The SMILES string of the molecule is Cc1nn(C)c(N2CCC[C@@H](O)C2)c1[N+](=O)[O-]. The largest absolute Gasteiger partial charge is 0.391 e. The Labute approximate surface area is 98.8 Å². The zero-order chi connectivity index (χ0) is 12.6. The molecular weight excluding hydrogens is 224 g/mol. The van der Waals surface area contributed by atoms with E-state index in [0.717, 1.165) is 19.4 Å². The van der Waals surface area contributed by atoms with E-state index in [1.54, 1.807) is 14.0 Å². The van der Waals surface area contributed by atoms with Crippen molar-refractivity contribution in [2.45, 2.75) is 25.9 Å². The topological polar surface area (TPSA) is 84.4 Å². The van der Waals surface area contributed by atoms with Gasteiger partial charge in [-0.25, -0.2) is 4.68 Å². The lowest BCUT2D eigenvalue weighted by molar-refractivity contribution is -0.384. The fraction of sp³-hybridized carbons (Fsp3) is 0.700. The van der Waals surface area contributed by atoms with Crippen LogP contribution in [0.25, 0.3) is 0 Å². The zero-order valence-electron chi connectivity index (χ0n) is 9.96. The van der Waals surface area contributed by atoms with Crippen molar-refractivity contribution in [3.8, 4) is 0 Å². The molecule has 1 atom stereocenters. The third-order valence-corrected chi connectivity index (χ3v) is 3.04. The highest BCUT2D eigenvalue weighted by Crippen LogP contribution is 2.32. The number of nitrogens with zero attached hydrogens (tertiary/aromatic N) is 4. The lowest BCUT2D eigenvalue weighted by Gasteiger charge is -2.30. The number of aromatic nitrogens is 2. The van der Waals surface area contributed by atoms with Gasteiger partial charge in [-0.3, -0.25) is 10.1 Å². The Balaban J connectivity index is 2.40. The number of aliphatic hydroxyl groups is 1. The number of piperidine rings is 1. The van der Waals surface area contributed by atoms with E-state index in [9.17, 15) is 15.2 Å². The van der Waals surface area contributed by atoms with E-state index in [4.69, 9.17) is 0 Å². The first-order valence-electron chi connectivity index (χ1n) is 5.61. The molecular formula is C10H16N4O3. The van der Waals surface area contributed by atoms with Crippen molar-refractivity contribution in [1.82, 2.24) is 9.78 Å². The Morgan fingerprint density at radius 1 is 1.59 bits per heavy atom. The molecule has 1 saturated heterocycles. The molecule has 1 fully saturated rings. The Hall–Kier alpha value is -1.63. The molecule has 2 heterocycles. The number of anilines is 1. The number of aliphatic hydroxyl groups excluding tert-OH is 1. The average Bonchev–Trinajstić information content (AvgIpc) is 2.53. The number of hydrogen-bond acceptors (Lipinski definition) is 5. The lowest BCUT2D eigenvalue weighted by atomic mass is 10.1. The van der Waals surface area contributed by atoms with Gasteiger partial charge >= 0.3 is 5.69 Å². The van der Waals surface area contributed by atoms with Crippen LogP contribution in [0.4, 0.5) is 11.5 Å². The van der Waals surface area contributed by atoms with E-state index in [1.807, 2.05) is 4.90 Å². The van der Waals surface area contributed by atoms with E-state index in [-0.39, 0.29) is 5.69 Å². The van der Waals surface area contributed by atoms with Gasteiger partial charge in [-0.05, 0) is 19.8 Å². The Morgan fingerprint density at radius 3 is 2.88 bits per heavy atom. The predicted molar refractivity (Wildman–Crippen MR) is 62.1 cm³/mol. The third-order valence-electron chi connectivity index (χ3n) is 3.04. The molecule has 2 rings (SSSR count). The zero-order valence-corrected chi connectivity index (χ0v) is 9.96. The van der Waals surface area contributed by atoms with Crippen LogP contribution in [0.2, 0.25) is 0 Å². The van der Waals surface area contributed by atoms with Gasteiger partial charge in [0.15, 0.2) is 0 Å². The average molecular weight is 240 g/mol. The lowest BCUT2D eigenvalue weighted by Crippen LogP contribution is -2.39. The second-order valence-electron chi connectivity index (χ2n) is 4.38. The van der Waals surface area contributed by atoms with Gasteiger partial charge in [-0.15, -0.1) is 0 Å². The molecule has 1 aliphatic heterocycles. The number of aryl methyl sites for hydroxylation is 2. The fourth-order valence-corrected chi connectivity index (χ4v) is 2.35. The quantitative estimate of drug-likeness (QED) is 0.604. The van der Waals surface area contributed by atoms with Crippen molar-refractivity contribution >= 4 is 11.5 Å². The van der Waals surface area contributed by atoms with Crippen LogP contribution in [0.5, 0.6) is 0 Å². The minimum atomic E-state index is -0.418. The molecule has 1 N–H and O–H groups in total. The molecule has 17 heavy (non-hydrogen) atoms. The van der Waals surface area contributed by atoms with Gasteiger partial charge in [0.1, 0.15) is 5.69 Å². The summed E-state index contributed by atoms with van der Waals surface area (Å²) < 4.78 is 1.52. The van der Waals surface area contributed by atoms with Gasteiger partial charge < -0.3 is 10.0 Å². The summed E-state index contributed by atoms with van der Waals surface area (Å²) in [5.41, 5.74) is 0.453. The van der Waals surface area contributed by atoms with Crippen LogP contribution < -0.4 is 4.90 Å². The van der Waals surface area contributed by atoms with E-state index >= 15 is 0 Å². The van der Waals surface area contributed by atoms with Crippen molar-refractivity contribution in [3.63, 3.8) is 0 Å². The van der Waals surface area contributed by atoms with Gasteiger partial charge in [0, 0.05) is 20.1 Å². The highest BCUT2D eigenvalue weighted by molar-refractivity contribution is 5.61. The maximum absolute atomic E-state index is 11.0. The Kier molecular flexibility index (Phi) is 3.01. The summed E-state index contributed by atoms with van der Waals surface area (Å²) in [6.07, 6.45) is 1.17. The van der Waals surface area contributed by atoms with Gasteiger partial charge in [0.2, 0.25) is 5.82 Å². The van der Waals surface area contributed by atoms with Crippen LogP contribution >= 0.6 is 0 Å². The second kappa shape index (κ2) is 4.33. The van der Waals surface area contributed by atoms with E-state index in [0.29, 0.717) is 18.1 Å². The molecule has 7 nitrogen and oxygen atoms in total. The molecule has 0 unspecified atom stereocenters. The van der Waals surface area contributed by atoms with Crippen molar-refractivity contribution in [2.24, 2.45) is 7.05 Å². The van der Waals surface area contributed by atoms with Gasteiger partial charge in [0.05, 0.1) is 11.0 Å². The van der Waals surface area contributed by atoms with Crippen molar-refractivity contribution in [2.75, 3.05) is 18.0 Å². The molecule has 0 aliphatic carbocycles. The minimum Gasteiger partial charge on any atom is -0.391 e. The maximum atomic E-state index is 11.0. The summed E-state index contributed by atoms with van der Waals surface area (Å²) in [5.74, 6) is 0.492. The molecule has 0 bridgehead atoms. The number of rotatable bonds is 2. The summed E-state index contributed by atoms with van der Waals surface area (Å²) in [6.45, 7) is 2.78. The summed E-state index contributed by atoms with van der Waals surface area (Å²) in [4.78, 5) is 12.5. The van der Waals surface area contributed by atoms with E-state index < -0.39 is 11.0 Å². The smallest absolute Gasteiger partial charge is 0.333 e. The fourth-order valence-electron chi connectivity index (χ4n) is 2.35. The number of β-amino-alcohol motifs (C(OH)–C–C–N with tert-alkyl or cyclic N) is 1.